The zero-order chi connectivity index (χ0) is 42.6. The SMILES string of the molecule is C=C1COc2ccc3c(c2-c2c(O)c(cc4c2CCCC4)CC(=C)Cc2c(O)c(cc4ccccc24)OCCOCCOCCOc2cc4ccccc4c(c2O)C1)CCCC3. The summed E-state index contributed by atoms with van der Waals surface area (Å²) < 4.78 is 30.6. The molecule has 6 aromatic carbocycles. The highest BCUT2D eigenvalue weighted by molar-refractivity contribution is 5.91. The molecule has 8 heteroatoms. The molecule has 0 aromatic heterocycles. The van der Waals surface area contributed by atoms with Gasteiger partial charge in [0, 0.05) is 28.7 Å². The monoisotopic (exact) mass is 832 g/mol. The van der Waals surface area contributed by atoms with Crippen LogP contribution < -0.4 is 14.2 Å². The Labute approximate surface area is 364 Å². The predicted molar refractivity (Wildman–Crippen MR) is 246 cm³/mol. The fraction of sp³-hybridized carbons (Fsp3) is 0.333. The summed E-state index contributed by atoms with van der Waals surface area (Å²) >= 11 is 0. The third kappa shape index (κ3) is 8.59. The molecule has 1 aliphatic heterocycles. The highest BCUT2D eigenvalue weighted by Gasteiger charge is 2.28. The summed E-state index contributed by atoms with van der Waals surface area (Å²) in [5.41, 5.74) is 10.8. The molecule has 0 saturated heterocycles. The molecule has 1 heterocycles. The minimum atomic E-state index is 0.0790. The van der Waals surface area contributed by atoms with Crippen molar-refractivity contribution in [1.82, 2.24) is 0 Å². The number of allylic oxidation sites excluding steroid dienone is 1. The molecule has 320 valence electrons. The van der Waals surface area contributed by atoms with Gasteiger partial charge in [0.2, 0.25) is 0 Å². The van der Waals surface area contributed by atoms with E-state index in [0.29, 0.717) is 57.2 Å². The van der Waals surface area contributed by atoms with E-state index in [0.717, 1.165) is 118 Å². The molecule has 0 saturated carbocycles. The zero-order valence-electron chi connectivity index (χ0n) is 35.5. The van der Waals surface area contributed by atoms with Gasteiger partial charge in [-0.25, -0.2) is 0 Å². The number of benzene rings is 6. The van der Waals surface area contributed by atoms with Crippen LogP contribution in [0.15, 0.2) is 103 Å². The number of hydrogen-bond donors (Lipinski definition) is 3. The largest absolute Gasteiger partial charge is 0.507 e. The van der Waals surface area contributed by atoms with E-state index in [1.165, 1.54) is 22.3 Å². The first kappa shape index (κ1) is 41.4. The van der Waals surface area contributed by atoms with Gasteiger partial charge in [0.25, 0.3) is 0 Å². The van der Waals surface area contributed by atoms with Crippen molar-refractivity contribution in [3.63, 3.8) is 0 Å². The molecule has 9 rings (SSSR count). The summed E-state index contributed by atoms with van der Waals surface area (Å²) in [6, 6.07) is 26.1. The maximum atomic E-state index is 12.6. The lowest BCUT2D eigenvalue weighted by molar-refractivity contribution is 0.0269. The van der Waals surface area contributed by atoms with Gasteiger partial charge < -0.3 is 39.0 Å². The summed E-state index contributed by atoms with van der Waals surface area (Å²) in [5, 5.41) is 39.7. The highest BCUT2D eigenvalue weighted by atomic mass is 16.6. The highest BCUT2D eigenvalue weighted by Crippen LogP contribution is 2.49. The van der Waals surface area contributed by atoms with Crippen LogP contribution in [0, 0.1) is 0 Å². The van der Waals surface area contributed by atoms with Crippen LogP contribution in [0.2, 0.25) is 0 Å². The summed E-state index contributed by atoms with van der Waals surface area (Å²) in [4.78, 5) is 0. The lowest BCUT2D eigenvalue weighted by Gasteiger charge is -2.28. The smallest absolute Gasteiger partial charge is 0.161 e. The molecule has 0 unspecified atom stereocenters. The summed E-state index contributed by atoms with van der Waals surface area (Å²) in [7, 11) is 0. The topological polar surface area (TPSA) is 107 Å². The van der Waals surface area contributed by atoms with Gasteiger partial charge in [0.05, 0.1) is 26.4 Å². The Morgan fingerprint density at radius 2 is 0.952 bits per heavy atom. The molecule has 0 atom stereocenters. The van der Waals surface area contributed by atoms with Crippen molar-refractivity contribution in [2.45, 2.75) is 70.6 Å². The molecule has 6 bridgehead atoms. The molecule has 2 aliphatic carbocycles. The predicted octanol–water partition coefficient (Wildman–Crippen LogP) is 10.9. The van der Waals surface area contributed by atoms with E-state index in [-0.39, 0.29) is 37.1 Å². The van der Waals surface area contributed by atoms with Crippen LogP contribution in [0.25, 0.3) is 32.7 Å². The van der Waals surface area contributed by atoms with Crippen molar-refractivity contribution in [2.75, 3.05) is 46.2 Å². The van der Waals surface area contributed by atoms with E-state index < -0.39 is 0 Å². The fourth-order valence-electron chi connectivity index (χ4n) is 9.71. The Balaban J connectivity index is 1.11. The second-order valence-electron chi connectivity index (χ2n) is 17.0. The summed E-state index contributed by atoms with van der Waals surface area (Å²) in [5.74, 6) is 1.93. The van der Waals surface area contributed by atoms with Gasteiger partial charge in [-0.2, -0.15) is 0 Å². The van der Waals surface area contributed by atoms with Gasteiger partial charge in [0.15, 0.2) is 23.0 Å². The molecule has 3 aliphatic rings. The van der Waals surface area contributed by atoms with Crippen LogP contribution in [0.3, 0.4) is 0 Å². The molecule has 62 heavy (non-hydrogen) atoms. The van der Waals surface area contributed by atoms with Crippen molar-refractivity contribution in [3.8, 4) is 45.6 Å². The first-order chi connectivity index (χ1) is 30.3. The van der Waals surface area contributed by atoms with Crippen LogP contribution in [0.4, 0.5) is 0 Å². The second-order valence-corrected chi connectivity index (χ2v) is 17.0. The number of phenolic OH excluding ortho intramolecular Hbond substituents is 3. The van der Waals surface area contributed by atoms with Gasteiger partial charge >= 0.3 is 0 Å². The Morgan fingerprint density at radius 3 is 1.58 bits per heavy atom. The van der Waals surface area contributed by atoms with Gasteiger partial charge in [-0.3, -0.25) is 0 Å². The van der Waals surface area contributed by atoms with Crippen LogP contribution in [-0.2, 0) is 54.4 Å². The number of ether oxygens (including phenoxy) is 5. The molecule has 0 fully saturated rings. The van der Waals surface area contributed by atoms with Crippen LogP contribution in [-0.4, -0.2) is 61.6 Å². The van der Waals surface area contributed by atoms with E-state index in [1.54, 1.807) is 0 Å². The van der Waals surface area contributed by atoms with Crippen LogP contribution >= 0.6 is 0 Å². The average Bonchev–Trinajstić information content (AvgIpc) is 3.28. The van der Waals surface area contributed by atoms with Crippen molar-refractivity contribution in [2.24, 2.45) is 0 Å². The second kappa shape index (κ2) is 18.6. The maximum absolute atomic E-state index is 12.6. The minimum Gasteiger partial charge on any atom is -0.507 e. The minimum absolute atomic E-state index is 0.0790. The van der Waals surface area contributed by atoms with Gasteiger partial charge in [-0.05, 0) is 137 Å². The third-order valence-corrected chi connectivity index (χ3v) is 12.7. The van der Waals surface area contributed by atoms with E-state index in [1.807, 2.05) is 60.7 Å². The van der Waals surface area contributed by atoms with Crippen LogP contribution in [0.5, 0.6) is 34.5 Å². The first-order valence-electron chi connectivity index (χ1n) is 22.2. The standard InChI is InChI=1S/C54H56O8/c1-34-27-40-30-37-12-6-10-18-44(37)51(52(40)55)50-43-17-9-3-11-36(43)19-20-47(50)62-33-35(2)29-46-42-16-8-5-14-39(42)32-49(54(46)57)61-26-24-59-22-21-58-23-25-60-48-31-38-13-4-7-15-41(38)45(28-34)53(48)56/h4-5,7-8,13-16,19-20,30-32,55-57H,1-3,6,9-12,17-18,21-29,33H2. The average molecular weight is 833 g/mol. The lowest BCUT2D eigenvalue weighted by atomic mass is 9.78. The van der Waals surface area contributed by atoms with Crippen molar-refractivity contribution in [3.05, 3.63) is 142 Å². The van der Waals surface area contributed by atoms with Crippen molar-refractivity contribution in [1.29, 1.82) is 0 Å². The summed E-state index contributed by atoms with van der Waals surface area (Å²) in [6.45, 7) is 11.0. The van der Waals surface area contributed by atoms with Crippen molar-refractivity contribution < 1.29 is 39.0 Å². The van der Waals surface area contributed by atoms with Gasteiger partial charge in [-0.15, -0.1) is 0 Å². The first-order valence-corrected chi connectivity index (χ1v) is 22.2. The van der Waals surface area contributed by atoms with Crippen molar-refractivity contribution >= 4 is 21.5 Å². The quantitative estimate of drug-likeness (QED) is 0.130. The Morgan fingerprint density at radius 1 is 0.419 bits per heavy atom. The molecular formula is C54H56O8. The number of rotatable bonds is 0. The molecule has 3 N–H and O–H groups in total. The van der Waals surface area contributed by atoms with E-state index >= 15 is 0 Å². The maximum Gasteiger partial charge on any atom is 0.161 e. The number of phenols is 3. The Hall–Kier alpha value is -5.96. The number of hydrogen-bond acceptors (Lipinski definition) is 8. The molecule has 0 spiro atoms. The molecule has 0 radical (unpaired) electrons. The molecular weight excluding hydrogens is 777 g/mol. The summed E-state index contributed by atoms with van der Waals surface area (Å²) in [6.07, 6.45) is 9.26. The number of aryl methyl sites for hydroxylation is 2. The van der Waals surface area contributed by atoms with E-state index in [9.17, 15) is 15.3 Å². The van der Waals surface area contributed by atoms with Gasteiger partial charge in [-0.1, -0.05) is 79.4 Å². The zero-order valence-corrected chi connectivity index (χ0v) is 35.5. The van der Waals surface area contributed by atoms with E-state index in [2.05, 4.69) is 31.4 Å². The number of aromatic hydroxyl groups is 3. The van der Waals surface area contributed by atoms with E-state index in [4.69, 9.17) is 23.7 Å². The Kier molecular flexibility index (Phi) is 12.4. The van der Waals surface area contributed by atoms with Gasteiger partial charge in [0.1, 0.15) is 31.3 Å². The fourth-order valence-corrected chi connectivity index (χ4v) is 9.71. The number of fused-ring (bicyclic) bond motifs is 16. The third-order valence-electron chi connectivity index (χ3n) is 12.7. The Bertz CT molecular complexity index is 2660. The normalized spacial score (nSPS) is 17.0. The lowest BCUT2D eigenvalue weighted by Crippen LogP contribution is -2.14. The van der Waals surface area contributed by atoms with Crippen LogP contribution in [0.1, 0.15) is 64.6 Å². The molecule has 6 aromatic rings. The molecule has 0 amide bonds. The molecule has 8 nitrogen and oxygen atoms in total.